The molecular weight excluding hydrogens is 306 g/mol. The lowest BCUT2D eigenvalue weighted by Gasteiger charge is -2.40. The van der Waals surface area contributed by atoms with E-state index >= 15 is 0 Å². The molecule has 23 heavy (non-hydrogen) atoms. The van der Waals surface area contributed by atoms with E-state index < -0.39 is 43.2 Å². The van der Waals surface area contributed by atoms with Crippen molar-refractivity contribution >= 4 is 11.7 Å². The third-order valence-corrected chi connectivity index (χ3v) is 3.60. The van der Waals surface area contributed by atoms with Crippen molar-refractivity contribution in [3.05, 3.63) is 29.8 Å². The van der Waals surface area contributed by atoms with Crippen LogP contribution in [0.1, 0.15) is 17.3 Å². The minimum atomic E-state index is -1.45. The molecule has 0 spiro atoms. The van der Waals surface area contributed by atoms with Crippen LogP contribution in [-0.4, -0.2) is 70.3 Å². The SMILES string of the molecule is CCOC(=O)c1ccc(NC2OC(CO)C(O)C(O)C2O)cc1. The smallest absolute Gasteiger partial charge is 0.338 e. The Morgan fingerprint density at radius 3 is 2.39 bits per heavy atom. The fourth-order valence-corrected chi connectivity index (χ4v) is 2.30. The van der Waals surface area contributed by atoms with Crippen LogP contribution in [0.3, 0.4) is 0 Å². The molecule has 0 aromatic heterocycles. The summed E-state index contributed by atoms with van der Waals surface area (Å²) >= 11 is 0. The standard InChI is InChI=1S/C15H21NO7/c1-2-22-15(21)8-3-5-9(6-4-8)16-14-13(20)12(19)11(18)10(7-17)23-14/h3-6,10-14,16-20H,2,7H2,1H3. The van der Waals surface area contributed by atoms with Gasteiger partial charge in [-0.1, -0.05) is 0 Å². The van der Waals surface area contributed by atoms with E-state index in [9.17, 15) is 20.1 Å². The molecule has 8 heteroatoms. The summed E-state index contributed by atoms with van der Waals surface area (Å²) in [4.78, 5) is 11.6. The summed E-state index contributed by atoms with van der Waals surface area (Å²) in [5.41, 5.74) is 0.911. The van der Waals surface area contributed by atoms with E-state index in [0.29, 0.717) is 11.3 Å². The predicted molar refractivity (Wildman–Crippen MR) is 79.8 cm³/mol. The van der Waals surface area contributed by atoms with Crippen LogP contribution >= 0.6 is 0 Å². The highest BCUT2D eigenvalue weighted by molar-refractivity contribution is 5.89. The molecule has 5 unspecified atom stereocenters. The molecule has 1 fully saturated rings. The third-order valence-electron chi connectivity index (χ3n) is 3.60. The van der Waals surface area contributed by atoms with Crippen molar-refractivity contribution in [1.29, 1.82) is 0 Å². The van der Waals surface area contributed by atoms with Gasteiger partial charge in [-0.3, -0.25) is 0 Å². The van der Waals surface area contributed by atoms with Gasteiger partial charge in [0.2, 0.25) is 0 Å². The molecule has 1 heterocycles. The van der Waals surface area contributed by atoms with Crippen molar-refractivity contribution in [2.75, 3.05) is 18.5 Å². The number of nitrogens with one attached hydrogen (secondary N) is 1. The summed E-state index contributed by atoms with van der Waals surface area (Å²) in [5, 5.41) is 41.4. The van der Waals surface area contributed by atoms with Crippen molar-refractivity contribution in [3.63, 3.8) is 0 Å². The first-order chi connectivity index (χ1) is 11.0. The fourth-order valence-electron chi connectivity index (χ4n) is 2.30. The zero-order chi connectivity index (χ0) is 17.0. The van der Waals surface area contributed by atoms with Crippen LogP contribution in [0.4, 0.5) is 5.69 Å². The molecule has 0 aliphatic carbocycles. The molecule has 2 rings (SSSR count). The molecular formula is C15H21NO7. The second-order valence-corrected chi connectivity index (χ2v) is 5.19. The van der Waals surface area contributed by atoms with Crippen molar-refractivity contribution in [3.8, 4) is 0 Å². The number of rotatable bonds is 5. The summed E-state index contributed by atoms with van der Waals surface area (Å²) in [5.74, 6) is -0.438. The van der Waals surface area contributed by atoms with Crippen LogP contribution in [-0.2, 0) is 9.47 Å². The van der Waals surface area contributed by atoms with E-state index in [1.54, 1.807) is 31.2 Å². The number of anilines is 1. The Labute approximate surface area is 133 Å². The average molecular weight is 327 g/mol. The highest BCUT2D eigenvalue weighted by Crippen LogP contribution is 2.23. The molecule has 0 radical (unpaired) electrons. The van der Waals surface area contributed by atoms with Crippen LogP contribution in [0.5, 0.6) is 0 Å². The van der Waals surface area contributed by atoms with Crippen molar-refractivity contribution in [2.45, 2.75) is 37.6 Å². The second-order valence-electron chi connectivity index (χ2n) is 5.19. The van der Waals surface area contributed by atoms with Gasteiger partial charge >= 0.3 is 5.97 Å². The maximum atomic E-state index is 11.6. The molecule has 0 saturated carbocycles. The molecule has 0 bridgehead atoms. The zero-order valence-corrected chi connectivity index (χ0v) is 12.6. The van der Waals surface area contributed by atoms with Gasteiger partial charge in [-0.2, -0.15) is 0 Å². The van der Waals surface area contributed by atoms with Crippen molar-refractivity contribution < 1.29 is 34.7 Å². The third kappa shape index (κ3) is 3.98. The summed E-state index contributed by atoms with van der Waals surface area (Å²) < 4.78 is 10.2. The first-order valence-electron chi connectivity index (χ1n) is 7.32. The Morgan fingerprint density at radius 2 is 1.83 bits per heavy atom. The first-order valence-corrected chi connectivity index (χ1v) is 7.32. The van der Waals surface area contributed by atoms with E-state index in [-0.39, 0.29) is 6.61 Å². The Balaban J connectivity index is 2.04. The highest BCUT2D eigenvalue weighted by atomic mass is 16.6. The quantitative estimate of drug-likeness (QED) is 0.439. The molecule has 1 aliphatic heterocycles. The van der Waals surface area contributed by atoms with Crippen LogP contribution in [0.2, 0.25) is 0 Å². The summed E-state index contributed by atoms with van der Waals surface area (Å²) in [7, 11) is 0. The molecule has 1 aromatic rings. The monoisotopic (exact) mass is 327 g/mol. The number of benzene rings is 1. The molecule has 1 aromatic carbocycles. The first kappa shape index (κ1) is 17.6. The van der Waals surface area contributed by atoms with Gasteiger partial charge in [-0.25, -0.2) is 4.79 Å². The highest BCUT2D eigenvalue weighted by Gasteiger charge is 2.43. The maximum Gasteiger partial charge on any atom is 0.338 e. The Bertz CT molecular complexity index is 519. The van der Waals surface area contributed by atoms with E-state index in [1.165, 1.54) is 0 Å². The van der Waals surface area contributed by atoms with Gasteiger partial charge < -0.3 is 35.2 Å². The van der Waals surface area contributed by atoms with Gasteiger partial charge in [-0.15, -0.1) is 0 Å². The van der Waals surface area contributed by atoms with Crippen LogP contribution in [0.25, 0.3) is 0 Å². The number of esters is 1. The minimum Gasteiger partial charge on any atom is -0.462 e. The topological polar surface area (TPSA) is 128 Å². The molecule has 5 atom stereocenters. The fraction of sp³-hybridized carbons (Fsp3) is 0.533. The largest absolute Gasteiger partial charge is 0.462 e. The number of carbonyl (C=O) groups is 1. The Kier molecular flexibility index (Phi) is 5.91. The van der Waals surface area contributed by atoms with Crippen LogP contribution in [0, 0.1) is 0 Å². The van der Waals surface area contributed by atoms with Crippen molar-refractivity contribution in [2.24, 2.45) is 0 Å². The summed E-state index contributed by atoms with van der Waals surface area (Å²) in [6.45, 7) is 1.50. The van der Waals surface area contributed by atoms with E-state index in [1.807, 2.05) is 0 Å². The van der Waals surface area contributed by atoms with E-state index in [0.717, 1.165) is 0 Å². The van der Waals surface area contributed by atoms with Crippen LogP contribution in [0.15, 0.2) is 24.3 Å². The number of aliphatic hydroxyl groups excluding tert-OH is 4. The molecule has 0 amide bonds. The van der Waals surface area contributed by atoms with Crippen molar-refractivity contribution in [1.82, 2.24) is 0 Å². The maximum absolute atomic E-state index is 11.6. The number of hydrogen-bond donors (Lipinski definition) is 5. The molecule has 1 saturated heterocycles. The van der Waals surface area contributed by atoms with E-state index in [2.05, 4.69) is 5.32 Å². The van der Waals surface area contributed by atoms with Gasteiger partial charge in [0.1, 0.15) is 24.4 Å². The summed E-state index contributed by atoms with van der Waals surface area (Å²) in [6, 6.07) is 6.27. The molecule has 128 valence electrons. The number of ether oxygens (including phenoxy) is 2. The molecule has 1 aliphatic rings. The predicted octanol–water partition coefficient (Wildman–Crippen LogP) is -0.925. The van der Waals surface area contributed by atoms with Gasteiger partial charge in [0.15, 0.2) is 6.23 Å². The molecule has 5 N–H and O–H groups in total. The van der Waals surface area contributed by atoms with Gasteiger partial charge in [-0.05, 0) is 31.2 Å². The zero-order valence-electron chi connectivity index (χ0n) is 12.6. The van der Waals surface area contributed by atoms with Gasteiger partial charge in [0.05, 0.1) is 18.8 Å². The lowest BCUT2D eigenvalue weighted by molar-refractivity contribution is -0.221. The van der Waals surface area contributed by atoms with Gasteiger partial charge in [0.25, 0.3) is 0 Å². The second kappa shape index (κ2) is 7.71. The lowest BCUT2D eigenvalue weighted by atomic mass is 9.98. The summed E-state index contributed by atoms with van der Waals surface area (Å²) in [6.07, 6.45) is -6.22. The normalized spacial score (nSPS) is 30.7. The Morgan fingerprint density at radius 1 is 1.17 bits per heavy atom. The lowest BCUT2D eigenvalue weighted by Crippen LogP contribution is -2.60. The number of carbonyl (C=O) groups excluding carboxylic acids is 1. The number of aliphatic hydroxyl groups is 4. The van der Waals surface area contributed by atoms with Crippen LogP contribution < -0.4 is 5.32 Å². The Hall–Kier alpha value is -1.71. The number of hydrogen-bond acceptors (Lipinski definition) is 8. The van der Waals surface area contributed by atoms with E-state index in [4.69, 9.17) is 14.6 Å². The van der Waals surface area contributed by atoms with Gasteiger partial charge in [0, 0.05) is 5.69 Å². The average Bonchev–Trinajstić information content (AvgIpc) is 2.56. The molecule has 8 nitrogen and oxygen atoms in total. The minimum absolute atomic E-state index is 0.281.